The van der Waals surface area contributed by atoms with E-state index in [1.165, 1.54) is 6.07 Å². The second-order valence-corrected chi connectivity index (χ2v) is 6.58. The van der Waals surface area contributed by atoms with E-state index in [0.717, 1.165) is 11.1 Å². The first-order valence-corrected chi connectivity index (χ1v) is 8.28. The topological polar surface area (TPSA) is 126 Å². The number of ether oxygens (including phenoxy) is 3. The Labute approximate surface area is 150 Å². The maximum Gasteiger partial charge on any atom is 0.340 e. The smallest absolute Gasteiger partial charge is 0.340 e. The van der Waals surface area contributed by atoms with Crippen LogP contribution in [0.5, 0.6) is 5.75 Å². The molecule has 3 rings (SSSR count). The van der Waals surface area contributed by atoms with Gasteiger partial charge in [-0.2, -0.15) is 0 Å². The van der Waals surface area contributed by atoms with Crippen molar-refractivity contribution in [1.82, 2.24) is 0 Å². The fraction of sp³-hybridized carbons (Fsp3) is 0.500. The van der Waals surface area contributed by atoms with E-state index in [1.54, 1.807) is 12.1 Å². The third-order valence-corrected chi connectivity index (χ3v) is 4.59. The van der Waals surface area contributed by atoms with Crippen LogP contribution in [-0.4, -0.2) is 69.8 Å². The van der Waals surface area contributed by atoms with Crippen LogP contribution in [0.1, 0.15) is 22.8 Å². The highest BCUT2D eigenvalue weighted by atomic mass is 16.7. The lowest BCUT2D eigenvalue weighted by atomic mass is 9.99. The average molecular weight is 366 g/mol. The molecule has 142 valence electrons. The lowest BCUT2D eigenvalue weighted by Crippen LogP contribution is -2.59. The molecule has 0 unspecified atom stereocenters. The summed E-state index contributed by atoms with van der Waals surface area (Å²) >= 11 is 0. The van der Waals surface area contributed by atoms with Gasteiger partial charge in [-0.05, 0) is 36.3 Å². The van der Waals surface area contributed by atoms with E-state index < -0.39 is 43.3 Å². The minimum Gasteiger partial charge on any atom is -0.485 e. The molecule has 0 radical (unpaired) electrons. The van der Waals surface area contributed by atoms with Gasteiger partial charge in [0.1, 0.15) is 36.3 Å². The van der Waals surface area contributed by atoms with Gasteiger partial charge in [0.15, 0.2) is 0 Å². The standard InChI is InChI=1S/C18H22O8/c1-8(2)12-6-10-5-9(3-4-11(10)24-12)17(23)26-18-16(22)15(21)14(20)13(7-19)25-18/h3-5,12-16,18-22H,1,6-7H2,2H3/t12-,13+,14-,15-,16-,18+/m1/s1. The molecule has 0 spiro atoms. The normalized spacial score (nSPS) is 33.3. The molecule has 1 saturated heterocycles. The van der Waals surface area contributed by atoms with Crippen molar-refractivity contribution in [2.75, 3.05) is 6.61 Å². The van der Waals surface area contributed by atoms with Crippen LogP contribution in [0, 0.1) is 0 Å². The zero-order valence-electron chi connectivity index (χ0n) is 14.2. The fourth-order valence-electron chi connectivity index (χ4n) is 2.99. The number of carbonyl (C=O) groups excluding carboxylic acids is 1. The van der Waals surface area contributed by atoms with E-state index in [-0.39, 0.29) is 11.7 Å². The van der Waals surface area contributed by atoms with Crippen molar-refractivity contribution in [3.63, 3.8) is 0 Å². The number of esters is 1. The summed E-state index contributed by atoms with van der Waals surface area (Å²) in [7, 11) is 0. The SMILES string of the molecule is C=C(C)[C@H]1Cc2cc(C(=O)O[C@@H]3O[C@@H](CO)[C@@H](O)[C@@H](O)[C@H]3O)ccc2O1. The molecule has 26 heavy (non-hydrogen) atoms. The molecule has 0 amide bonds. The van der Waals surface area contributed by atoms with Crippen molar-refractivity contribution in [1.29, 1.82) is 0 Å². The van der Waals surface area contributed by atoms with Crippen LogP contribution in [0.4, 0.5) is 0 Å². The minimum absolute atomic E-state index is 0.137. The zero-order chi connectivity index (χ0) is 19.0. The van der Waals surface area contributed by atoms with Gasteiger partial charge in [-0.3, -0.25) is 0 Å². The molecule has 1 aromatic carbocycles. The van der Waals surface area contributed by atoms with Gasteiger partial charge in [0.25, 0.3) is 0 Å². The van der Waals surface area contributed by atoms with Crippen LogP contribution in [0.2, 0.25) is 0 Å². The van der Waals surface area contributed by atoms with E-state index >= 15 is 0 Å². The van der Waals surface area contributed by atoms with Gasteiger partial charge in [-0.15, -0.1) is 0 Å². The molecule has 2 heterocycles. The Kier molecular flexibility index (Phi) is 5.31. The van der Waals surface area contributed by atoms with Crippen molar-refractivity contribution in [3.8, 4) is 5.75 Å². The predicted octanol–water partition coefficient (Wildman–Crippen LogP) is -0.477. The zero-order valence-corrected chi connectivity index (χ0v) is 14.2. The number of hydrogen-bond acceptors (Lipinski definition) is 8. The quantitative estimate of drug-likeness (QED) is 0.416. The van der Waals surface area contributed by atoms with Crippen molar-refractivity contribution in [2.45, 2.75) is 50.2 Å². The molecule has 8 nitrogen and oxygen atoms in total. The molecule has 6 atom stereocenters. The average Bonchev–Trinajstić information content (AvgIpc) is 3.05. The first-order valence-electron chi connectivity index (χ1n) is 8.28. The Morgan fingerprint density at radius 1 is 1.27 bits per heavy atom. The van der Waals surface area contributed by atoms with E-state index in [1.807, 2.05) is 6.92 Å². The van der Waals surface area contributed by atoms with Gasteiger partial charge in [-0.1, -0.05) is 6.58 Å². The summed E-state index contributed by atoms with van der Waals surface area (Å²) in [5.41, 5.74) is 1.94. The predicted molar refractivity (Wildman–Crippen MR) is 88.6 cm³/mol. The highest BCUT2D eigenvalue weighted by molar-refractivity contribution is 5.90. The molecule has 0 bridgehead atoms. The molecule has 0 aromatic heterocycles. The highest BCUT2D eigenvalue weighted by Gasteiger charge is 2.45. The van der Waals surface area contributed by atoms with Crippen LogP contribution >= 0.6 is 0 Å². The molecular formula is C18H22O8. The third-order valence-electron chi connectivity index (χ3n) is 4.59. The number of hydrogen-bond donors (Lipinski definition) is 4. The lowest BCUT2D eigenvalue weighted by Gasteiger charge is -2.39. The number of aliphatic hydroxyl groups excluding tert-OH is 4. The number of aliphatic hydroxyl groups is 4. The van der Waals surface area contributed by atoms with Crippen LogP contribution < -0.4 is 4.74 Å². The molecule has 8 heteroatoms. The Morgan fingerprint density at radius 2 is 2.00 bits per heavy atom. The first-order chi connectivity index (χ1) is 12.3. The van der Waals surface area contributed by atoms with E-state index in [0.29, 0.717) is 12.2 Å². The van der Waals surface area contributed by atoms with E-state index in [9.17, 15) is 25.2 Å². The van der Waals surface area contributed by atoms with Gasteiger partial charge in [0.2, 0.25) is 6.29 Å². The van der Waals surface area contributed by atoms with Crippen molar-refractivity contribution in [3.05, 3.63) is 41.5 Å². The van der Waals surface area contributed by atoms with Gasteiger partial charge < -0.3 is 34.6 Å². The molecule has 2 aliphatic rings. The minimum atomic E-state index is -1.64. The number of rotatable bonds is 4. The van der Waals surface area contributed by atoms with Gasteiger partial charge >= 0.3 is 5.97 Å². The molecule has 0 saturated carbocycles. The summed E-state index contributed by atoms with van der Waals surface area (Å²) in [5.74, 6) is -0.0988. The van der Waals surface area contributed by atoms with Gasteiger partial charge in [0.05, 0.1) is 12.2 Å². The monoisotopic (exact) mass is 366 g/mol. The van der Waals surface area contributed by atoms with E-state index in [2.05, 4.69) is 6.58 Å². The number of benzene rings is 1. The highest BCUT2D eigenvalue weighted by Crippen LogP contribution is 2.32. The molecule has 4 N–H and O–H groups in total. The lowest BCUT2D eigenvalue weighted by molar-refractivity contribution is -0.285. The number of carbonyl (C=O) groups is 1. The summed E-state index contributed by atoms with van der Waals surface area (Å²) in [5, 5.41) is 38.6. The van der Waals surface area contributed by atoms with Crippen molar-refractivity contribution >= 4 is 5.97 Å². The van der Waals surface area contributed by atoms with Crippen LogP contribution in [0.25, 0.3) is 0 Å². The maximum atomic E-state index is 12.4. The summed E-state index contributed by atoms with van der Waals surface area (Å²) in [6.45, 7) is 5.13. The van der Waals surface area contributed by atoms with Crippen LogP contribution in [0.3, 0.4) is 0 Å². The maximum absolute atomic E-state index is 12.4. The first kappa shape index (κ1) is 18.8. The van der Waals surface area contributed by atoms with Crippen molar-refractivity contribution in [2.24, 2.45) is 0 Å². The Bertz CT molecular complexity index is 700. The molecule has 2 aliphatic heterocycles. The molecule has 1 fully saturated rings. The number of fused-ring (bicyclic) bond motifs is 1. The Balaban J connectivity index is 1.71. The molecule has 0 aliphatic carbocycles. The third kappa shape index (κ3) is 3.46. The molecule has 1 aromatic rings. The van der Waals surface area contributed by atoms with Gasteiger partial charge in [0, 0.05) is 6.42 Å². The Morgan fingerprint density at radius 3 is 2.65 bits per heavy atom. The summed E-state index contributed by atoms with van der Waals surface area (Å²) in [4.78, 5) is 12.4. The van der Waals surface area contributed by atoms with Crippen LogP contribution in [0.15, 0.2) is 30.4 Å². The largest absolute Gasteiger partial charge is 0.485 e. The second kappa shape index (κ2) is 7.34. The second-order valence-electron chi connectivity index (χ2n) is 6.58. The summed E-state index contributed by atoms with van der Waals surface area (Å²) in [6, 6.07) is 4.80. The van der Waals surface area contributed by atoms with Crippen LogP contribution in [-0.2, 0) is 15.9 Å². The summed E-state index contributed by atoms with van der Waals surface area (Å²) in [6.07, 6.45) is -6.96. The van der Waals surface area contributed by atoms with E-state index in [4.69, 9.17) is 14.2 Å². The van der Waals surface area contributed by atoms with Gasteiger partial charge in [-0.25, -0.2) is 4.79 Å². The Hall–Kier alpha value is -1.97. The molecular weight excluding hydrogens is 344 g/mol. The fourth-order valence-corrected chi connectivity index (χ4v) is 2.99. The van der Waals surface area contributed by atoms with Crippen molar-refractivity contribution < 1.29 is 39.4 Å². The summed E-state index contributed by atoms with van der Waals surface area (Å²) < 4.78 is 16.0.